The van der Waals surface area contributed by atoms with E-state index in [-0.39, 0.29) is 10.4 Å². The van der Waals surface area contributed by atoms with Crippen molar-refractivity contribution in [2.75, 3.05) is 26.2 Å². The van der Waals surface area contributed by atoms with Crippen molar-refractivity contribution in [2.45, 2.75) is 36.1 Å². The fourth-order valence-corrected chi connectivity index (χ4v) is 5.54. The van der Waals surface area contributed by atoms with Crippen LogP contribution in [-0.2, 0) is 10.0 Å². The summed E-state index contributed by atoms with van der Waals surface area (Å²) in [6.45, 7) is 6.57. The van der Waals surface area contributed by atoms with Crippen LogP contribution in [-0.4, -0.2) is 49.3 Å². The van der Waals surface area contributed by atoms with Crippen LogP contribution < -0.4 is 0 Å². The molecule has 1 aromatic rings. The number of hydrogen-bond acceptors (Lipinski definition) is 3. The predicted molar refractivity (Wildman–Crippen MR) is 88.1 cm³/mol. The van der Waals surface area contributed by atoms with Gasteiger partial charge in [-0.15, -0.1) is 6.58 Å². The molecule has 0 amide bonds. The first kappa shape index (κ1) is 16.6. The number of piperidine rings is 1. The molecule has 23 heavy (non-hydrogen) atoms. The SMILES string of the molecule is C=CCN1CCC[C@@]12CCCN(S(=O)(=O)c1cccc(F)c1)C2. The first-order chi connectivity index (χ1) is 11.0. The predicted octanol–water partition coefficient (Wildman–Crippen LogP) is 2.63. The second-order valence-corrected chi connectivity index (χ2v) is 8.40. The molecule has 126 valence electrons. The zero-order valence-electron chi connectivity index (χ0n) is 13.2. The standard InChI is InChI=1S/C17H23FN2O2S/c1-2-10-19-11-4-8-17(19)9-5-12-20(14-17)23(21,22)16-7-3-6-15(18)13-16/h2-3,6-7,13H,1,4-5,8-12,14H2/t17-/m0/s1. The third kappa shape index (κ3) is 3.07. The number of halogens is 1. The van der Waals surface area contributed by atoms with E-state index in [0.29, 0.717) is 13.1 Å². The van der Waals surface area contributed by atoms with Crippen LogP contribution in [0.1, 0.15) is 25.7 Å². The van der Waals surface area contributed by atoms with Gasteiger partial charge in [-0.25, -0.2) is 12.8 Å². The van der Waals surface area contributed by atoms with Crippen molar-refractivity contribution < 1.29 is 12.8 Å². The topological polar surface area (TPSA) is 40.6 Å². The molecule has 1 aromatic carbocycles. The number of sulfonamides is 1. The largest absolute Gasteiger partial charge is 0.293 e. The van der Waals surface area contributed by atoms with Crippen LogP contribution in [0, 0.1) is 5.82 Å². The maximum Gasteiger partial charge on any atom is 0.243 e. The van der Waals surface area contributed by atoms with Crippen molar-refractivity contribution in [1.82, 2.24) is 9.21 Å². The van der Waals surface area contributed by atoms with Crippen LogP contribution in [0.3, 0.4) is 0 Å². The molecule has 0 aliphatic carbocycles. The Morgan fingerprint density at radius 2 is 2.00 bits per heavy atom. The fourth-order valence-electron chi connectivity index (χ4n) is 3.95. The monoisotopic (exact) mass is 338 g/mol. The highest BCUT2D eigenvalue weighted by Gasteiger charge is 2.45. The summed E-state index contributed by atoms with van der Waals surface area (Å²) in [5.74, 6) is -0.521. The minimum Gasteiger partial charge on any atom is -0.293 e. The Labute approximate surface area is 137 Å². The summed E-state index contributed by atoms with van der Waals surface area (Å²) < 4.78 is 40.7. The van der Waals surface area contributed by atoms with Crippen molar-refractivity contribution >= 4 is 10.0 Å². The van der Waals surface area contributed by atoms with Crippen LogP contribution in [0.5, 0.6) is 0 Å². The summed E-state index contributed by atoms with van der Waals surface area (Å²) in [5.41, 5.74) is -0.0904. The average molecular weight is 338 g/mol. The maximum atomic E-state index is 13.4. The summed E-state index contributed by atoms with van der Waals surface area (Å²) in [5, 5.41) is 0. The van der Waals surface area contributed by atoms with Crippen molar-refractivity contribution in [3.8, 4) is 0 Å². The van der Waals surface area contributed by atoms with Gasteiger partial charge in [0, 0.05) is 25.2 Å². The summed E-state index contributed by atoms with van der Waals surface area (Å²) in [6.07, 6.45) is 5.82. The van der Waals surface area contributed by atoms with Crippen molar-refractivity contribution in [2.24, 2.45) is 0 Å². The average Bonchev–Trinajstić information content (AvgIpc) is 2.90. The third-order valence-electron chi connectivity index (χ3n) is 5.04. The molecule has 2 aliphatic rings. The van der Waals surface area contributed by atoms with Gasteiger partial charge in [-0.2, -0.15) is 4.31 Å². The zero-order valence-corrected chi connectivity index (χ0v) is 14.1. The van der Waals surface area contributed by atoms with Gasteiger partial charge in [0.1, 0.15) is 5.82 Å². The minimum absolute atomic E-state index is 0.0443. The lowest BCUT2D eigenvalue weighted by Crippen LogP contribution is -2.56. The molecule has 6 heteroatoms. The molecule has 2 aliphatic heterocycles. The Hall–Kier alpha value is -1.24. The van der Waals surface area contributed by atoms with Gasteiger partial charge < -0.3 is 0 Å². The number of nitrogens with zero attached hydrogens (tertiary/aromatic N) is 2. The number of benzene rings is 1. The van der Waals surface area contributed by atoms with Gasteiger partial charge in [0.2, 0.25) is 10.0 Å². The van der Waals surface area contributed by atoms with Gasteiger partial charge in [0.05, 0.1) is 4.90 Å². The molecule has 4 nitrogen and oxygen atoms in total. The molecular formula is C17H23FN2O2S. The summed E-state index contributed by atoms with van der Waals surface area (Å²) in [4.78, 5) is 2.40. The van der Waals surface area contributed by atoms with Crippen molar-refractivity contribution in [3.63, 3.8) is 0 Å². The third-order valence-corrected chi connectivity index (χ3v) is 6.89. The van der Waals surface area contributed by atoms with E-state index in [9.17, 15) is 12.8 Å². The second kappa shape index (κ2) is 6.34. The van der Waals surface area contributed by atoms with Crippen molar-refractivity contribution in [3.05, 3.63) is 42.7 Å². The molecule has 2 heterocycles. The van der Waals surface area contributed by atoms with E-state index >= 15 is 0 Å². The summed E-state index contributed by atoms with van der Waals surface area (Å²) >= 11 is 0. The smallest absolute Gasteiger partial charge is 0.243 e. The highest BCUT2D eigenvalue weighted by atomic mass is 32.2. The van der Waals surface area contributed by atoms with Crippen LogP contribution in [0.15, 0.2) is 41.8 Å². The van der Waals surface area contributed by atoms with Crippen LogP contribution in [0.25, 0.3) is 0 Å². The van der Waals surface area contributed by atoms with E-state index in [1.54, 1.807) is 0 Å². The summed E-state index contributed by atoms with van der Waals surface area (Å²) in [7, 11) is -3.65. The zero-order chi connectivity index (χ0) is 16.5. The number of rotatable bonds is 4. The van der Waals surface area contributed by atoms with Gasteiger partial charge in [-0.1, -0.05) is 12.1 Å². The number of likely N-dealkylation sites (tertiary alicyclic amines) is 1. The normalized spacial score (nSPS) is 26.7. The molecule has 0 N–H and O–H groups in total. The van der Waals surface area contributed by atoms with Gasteiger partial charge in [0.15, 0.2) is 0 Å². The molecule has 0 bridgehead atoms. The molecule has 0 aromatic heterocycles. The Bertz CT molecular complexity index is 692. The van der Waals surface area contributed by atoms with Gasteiger partial charge in [-0.3, -0.25) is 4.90 Å². The molecule has 2 saturated heterocycles. The first-order valence-electron chi connectivity index (χ1n) is 8.10. The van der Waals surface area contributed by atoms with Crippen LogP contribution in [0.4, 0.5) is 4.39 Å². The maximum absolute atomic E-state index is 13.4. The summed E-state index contributed by atoms with van der Waals surface area (Å²) in [6, 6.07) is 5.28. The van der Waals surface area contributed by atoms with Gasteiger partial charge in [-0.05, 0) is 50.4 Å². The first-order valence-corrected chi connectivity index (χ1v) is 9.54. The van der Waals surface area contributed by atoms with E-state index in [1.807, 2.05) is 6.08 Å². The van der Waals surface area contributed by atoms with E-state index in [4.69, 9.17) is 0 Å². The lowest BCUT2D eigenvalue weighted by Gasteiger charge is -2.45. The van der Waals surface area contributed by atoms with Gasteiger partial charge >= 0.3 is 0 Å². The van der Waals surface area contributed by atoms with Crippen LogP contribution in [0.2, 0.25) is 0 Å². The molecule has 0 unspecified atom stereocenters. The Morgan fingerprint density at radius 1 is 1.26 bits per heavy atom. The minimum atomic E-state index is -3.65. The van der Waals surface area contributed by atoms with E-state index in [2.05, 4.69) is 11.5 Å². The Balaban J connectivity index is 1.87. The highest BCUT2D eigenvalue weighted by molar-refractivity contribution is 7.89. The molecule has 1 atom stereocenters. The molecule has 0 radical (unpaired) electrons. The van der Waals surface area contributed by atoms with Crippen molar-refractivity contribution in [1.29, 1.82) is 0 Å². The molecule has 3 rings (SSSR count). The highest BCUT2D eigenvalue weighted by Crippen LogP contribution is 2.38. The second-order valence-electron chi connectivity index (χ2n) is 6.46. The van der Waals surface area contributed by atoms with E-state index in [0.717, 1.165) is 44.8 Å². The number of hydrogen-bond donors (Lipinski definition) is 0. The lowest BCUT2D eigenvalue weighted by molar-refractivity contribution is 0.0841. The fraction of sp³-hybridized carbons (Fsp3) is 0.529. The molecular weight excluding hydrogens is 315 g/mol. The Kier molecular flexibility index (Phi) is 4.58. The molecule has 2 fully saturated rings. The van der Waals surface area contributed by atoms with E-state index in [1.165, 1.54) is 22.5 Å². The van der Waals surface area contributed by atoms with Gasteiger partial charge in [0.25, 0.3) is 0 Å². The Morgan fingerprint density at radius 3 is 2.70 bits per heavy atom. The lowest BCUT2D eigenvalue weighted by atomic mass is 9.87. The van der Waals surface area contributed by atoms with E-state index < -0.39 is 15.8 Å². The molecule has 1 spiro atoms. The molecule has 0 saturated carbocycles. The quantitative estimate of drug-likeness (QED) is 0.793. The van der Waals surface area contributed by atoms with Crippen LogP contribution >= 0.6 is 0 Å².